The average Bonchev–Trinajstić information content (AvgIpc) is 3.00. The Morgan fingerprint density at radius 2 is 1.97 bits per heavy atom. The second kappa shape index (κ2) is 9.69. The summed E-state index contributed by atoms with van der Waals surface area (Å²) in [5.74, 6) is -0.940. The largest absolute Gasteiger partial charge is 0.493 e. The third-order valence-electron chi connectivity index (χ3n) is 4.29. The molecule has 0 radical (unpaired) electrons. The van der Waals surface area contributed by atoms with E-state index in [0.29, 0.717) is 29.0 Å². The molecule has 152 valence electrons. The number of benzene rings is 2. The van der Waals surface area contributed by atoms with Crippen LogP contribution in [-0.2, 0) is 4.79 Å². The molecule has 1 saturated heterocycles. The number of carbonyl (C=O) groups excluding carboxylic acids is 1. The van der Waals surface area contributed by atoms with E-state index in [1.165, 1.54) is 11.0 Å². The van der Waals surface area contributed by atoms with Crippen LogP contribution >= 0.6 is 11.8 Å². The molecule has 0 saturated carbocycles. The Labute approximate surface area is 173 Å². The van der Waals surface area contributed by atoms with E-state index in [9.17, 15) is 13.6 Å². The van der Waals surface area contributed by atoms with Crippen LogP contribution in [0.5, 0.6) is 5.75 Å². The van der Waals surface area contributed by atoms with Crippen molar-refractivity contribution < 1.29 is 18.3 Å². The Kier molecular flexibility index (Phi) is 7.04. The van der Waals surface area contributed by atoms with Crippen molar-refractivity contribution in [2.45, 2.75) is 26.7 Å². The summed E-state index contributed by atoms with van der Waals surface area (Å²) in [6.07, 6.45) is 3.74. The van der Waals surface area contributed by atoms with Gasteiger partial charge in [-0.3, -0.25) is 9.69 Å². The van der Waals surface area contributed by atoms with Crippen molar-refractivity contribution in [3.05, 3.63) is 64.6 Å². The normalized spacial score (nSPS) is 16.8. The number of hydrogen-bond acceptors (Lipinski definition) is 4. The molecule has 2 aromatic carbocycles. The summed E-state index contributed by atoms with van der Waals surface area (Å²) < 4.78 is 33.0. The second-order valence-corrected chi connectivity index (χ2v) is 7.40. The van der Waals surface area contributed by atoms with Crippen LogP contribution < -0.4 is 4.74 Å². The van der Waals surface area contributed by atoms with Crippen LogP contribution in [0.3, 0.4) is 0 Å². The molecule has 0 unspecified atom stereocenters. The van der Waals surface area contributed by atoms with Crippen LogP contribution in [-0.4, -0.2) is 29.1 Å². The maximum atomic E-state index is 14.0. The molecule has 1 fully saturated rings. The number of amidine groups is 1. The van der Waals surface area contributed by atoms with E-state index >= 15 is 0 Å². The Morgan fingerprint density at radius 1 is 1.17 bits per heavy atom. The highest BCUT2D eigenvalue weighted by atomic mass is 32.2. The predicted molar refractivity (Wildman–Crippen MR) is 113 cm³/mol. The number of para-hydroxylation sites is 1. The second-order valence-electron chi connectivity index (χ2n) is 6.39. The van der Waals surface area contributed by atoms with Gasteiger partial charge in [0, 0.05) is 18.2 Å². The number of rotatable bonds is 7. The van der Waals surface area contributed by atoms with Gasteiger partial charge >= 0.3 is 0 Å². The first-order valence-electron chi connectivity index (χ1n) is 9.50. The predicted octanol–water partition coefficient (Wildman–Crippen LogP) is 5.77. The molecule has 0 aliphatic carbocycles. The van der Waals surface area contributed by atoms with Crippen molar-refractivity contribution in [2.75, 3.05) is 13.2 Å². The minimum Gasteiger partial charge on any atom is -0.493 e. The molecule has 2 aromatic rings. The van der Waals surface area contributed by atoms with Crippen LogP contribution in [0.4, 0.5) is 14.5 Å². The zero-order valence-corrected chi connectivity index (χ0v) is 17.1. The molecule has 29 heavy (non-hydrogen) atoms. The molecule has 1 aliphatic rings. The molecule has 4 nitrogen and oxygen atoms in total. The number of thioether (sulfide) groups is 1. The van der Waals surface area contributed by atoms with Crippen LogP contribution in [0.25, 0.3) is 6.08 Å². The van der Waals surface area contributed by atoms with Gasteiger partial charge in [-0.15, -0.1) is 0 Å². The van der Waals surface area contributed by atoms with Crippen molar-refractivity contribution >= 4 is 34.6 Å². The molecule has 0 bridgehead atoms. The zero-order chi connectivity index (χ0) is 20.8. The Hall–Kier alpha value is -2.67. The number of unbranched alkanes of at least 4 members (excludes halogenated alkanes) is 1. The van der Waals surface area contributed by atoms with Gasteiger partial charge < -0.3 is 4.74 Å². The third-order valence-corrected chi connectivity index (χ3v) is 5.30. The summed E-state index contributed by atoms with van der Waals surface area (Å²) in [6, 6.07) is 10.7. The fourth-order valence-electron chi connectivity index (χ4n) is 2.74. The van der Waals surface area contributed by atoms with Crippen LogP contribution in [0.1, 0.15) is 32.3 Å². The number of aliphatic imine (C=N–C) groups is 1. The minimum absolute atomic E-state index is 0.00954. The van der Waals surface area contributed by atoms with Gasteiger partial charge in [-0.25, -0.2) is 13.8 Å². The highest BCUT2D eigenvalue weighted by Gasteiger charge is 2.32. The van der Waals surface area contributed by atoms with Crippen molar-refractivity contribution in [1.29, 1.82) is 0 Å². The fraction of sp³-hybridized carbons (Fsp3) is 0.273. The first-order chi connectivity index (χ1) is 14.0. The average molecular weight is 416 g/mol. The quantitative estimate of drug-likeness (QED) is 0.425. The molecule has 0 N–H and O–H groups in total. The van der Waals surface area contributed by atoms with Gasteiger partial charge in [0.25, 0.3) is 5.91 Å². The smallest absolute Gasteiger partial charge is 0.266 e. The number of ether oxygens (including phenoxy) is 1. The van der Waals surface area contributed by atoms with Gasteiger partial charge in [-0.05, 0) is 49.4 Å². The monoisotopic (exact) mass is 416 g/mol. The van der Waals surface area contributed by atoms with Crippen molar-refractivity contribution in [1.82, 2.24) is 4.90 Å². The van der Waals surface area contributed by atoms with E-state index in [1.54, 1.807) is 6.08 Å². The number of halogens is 2. The summed E-state index contributed by atoms with van der Waals surface area (Å²) >= 11 is 1.16. The topological polar surface area (TPSA) is 41.9 Å². The lowest BCUT2D eigenvalue weighted by Gasteiger charge is -2.12. The Bertz CT molecular complexity index is 960. The van der Waals surface area contributed by atoms with Crippen LogP contribution in [0.15, 0.2) is 52.4 Å². The van der Waals surface area contributed by atoms with Gasteiger partial charge in [0.1, 0.15) is 17.3 Å². The summed E-state index contributed by atoms with van der Waals surface area (Å²) in [5, 5.41) is 0.360. The highest BCUT2D eigenvalue weighted by molar-refractivity contribution is 8.18. The van der Waals surface area contributed by atoms with E-state index < -0.39 is 11.6 Å². The molecule has 3 rings (SSSR count). The summed E-state index contributed by atoms with van der Waals surface area (Å²) in [4.78, 5) is 19.0. The first-order valence-corrected chi connectivity index (χ1v) is 10.3. The van der Waals surface area contributed by atoms with Gasteiger partial charge in [0.15, 0.2) is 11.0 Å². The molecule has 1 amide bonds. The van der Waals surface area contributed by atoms with E-state index in [2.05, 4.69) is 11.9 Å². The lowest BCUT2D eigenvalue weighted by atomic mass is 10.2. The lowest BCUT2D eigenvalue weighted by molar-refractivity contribution is -0.122. The maximum Gasteiger partial charge on any atom is 0.266 e. The molecule has 0 aromatic heterocycles. The molecular weight excluding hydrogens is 394 g/mol. The van der Waals surface area contributed by atoms with Crippen molar-refractivity contribution in [2.24, 2.45) is 4.99 Å². The number of likely N-dealkylation sites (N-methyl/N-ethyl adjacent to an activating group) is 1. The number of amides is 1. The Balaban J connectivity index is 1.90. The molecule has 1 aliphatic heterocycles. The molecule has 0 spiro atoms. The minimum atomic E-state index is -0.770. The highest BCUT2D eigenvalue weighted by Crippen LogP contribution is 2.35. The van der Waals surface area contributed by atoms with Crippen molar-refractivity contribution in [3.8, 4) is 5.75 Å². The van der Waals surface area contributed by atoms with E-state index in [1.807, 2.05) is 31.2 Å². The Morgan fingerprint density at radius 3 is 2.69 bits per heavy atom. The van der Waals surface area contributed by atoms with E-state index in [-0.39, 0.29) is 11.6 Å². The first kappa shape index (κ1) is 21.0. The third kappa shape index (κ3) is 5.03. The summed E-state index contributed by atoms with van der Waals surface area (Å²) in [6.45, 7) is 4.91. The van der Waals surface area contributed by atoms with Gasteiger partial charge in [0.05, 0.1) is 11.5 Å². The lowest BCUT2D eigenvalue weighted by Crippen LogP contribution is -2.28. The maximum absolute atomic E-state index is 14.0. The zero-order valence-electron chi connectivity index (χ0n) is 16.3. The molecule has 0 atom stereocenters. The van der Waals surface area contributed by atoms with Gasteiger partial charge in [-0.1, -0.05) is 31.5 Å². The molecule has 7 heteroatoms. The van der Waals surface area contributed by atoms with E-state index in [4.69, 9.17) is 4.74 Å². The van der Waals surface area contributed by atoms with Crippen molar-refractivity contribution in [3.63, 3.8) is 0 Å². The van der Waals surface area contributed by atoms with Gasteiger partial charge in [0.2, 0.25) is 0 Å². The number of nitrogens with zero attached hydrogens (tertiary/aromatic N) is 2. The van der Waals surface area contributed by atoms with Crippen LogP contribution in [0.2, 0.25) is 0 Å². The summed E-state index contributed by atoms with van der Waals surface area (Å²) in [5.41, 5.74) is 0.786. The number of carbonyl (C=O) groups is 1. The summed E-state index contributed by atoms with van der Waals surface area (Å²) in [7, 11) is 0. The SMILES string of the molecule is CCCCOc1ccccc1/C=C1/SC(=Nc2ccc(F)cc2F)N(CC)C1=O. The molecule has 1 heterocycles. The van der Waals surface area contributed by atoms with Crippen LogP contribution in [0, 0.1) is 11.6 Å². The van der Waals surface area contributed by atoms with Gasteiger partial charge in [-0.2, -0.15) is 0 Å². The number of hydrogen-bond donors (Lipinski definition) is 0. The standard InChI is InChI=1S/C22H22F2N2O2S/c1-3-5-12-28-19-9-7-6-8-15(19)13-20-21(27)26(4-2)22(29-20)25-18-11-10-16(23)14-17(18)24/h6-11,13-14H,3-5,12H2,1-2H3/b20-13+,25-22?. The fourth-order valence-corrected chi connectivity index (χ4v) is 3.79. The molecular formula is C22H22F2N2O2S. The van der Waals surface area contributed by atoms with E-state index in [0.717, 1.165) is 42.3 Å².